The number of Topliss-reactive ketones (excluding diaryl/α,β-unsaturated/α-hetero) is 1. The molecule has 0 aliphatic heterocycles. The van der Waals surface area contributed by atoms with E-state index in [1.165, 1.54) is 19.8 Å². The van der Waals surface area contributed by atoms with Gasteiger partial charge < -0.3 is 5.32 Å². The van der Waals surface area contributed by atoms with Crippen LogP contribution in [0.2, 0.25) is 0 Å². The molecule has 0 aromatic carbocycles. The standard InChI is InChI=1S/C11H19NO2S/c1-8(13)7-11(14)12-9-3-5-10(15-2)6-4-9/h9-10H,3-7H2,1-2H3,(H,12,14). The van der Waals surface area contributed by atoms with Crippen LogP contribution in [0.1, 0.15) is 39.0 Å². The summed E-state index contributed by atoms with van der Waals surface area (Å²) in [5.41, 5.74) is 0. The molecule has 0 atom stereocenters. The number of carbonyl (C=O) groups is 2. The molecular weight excluding hydrogens is 210 g/mol. The van der Waals surface area contributed by atoms with E-state index in [9.17, 15) is 9.59 Å². The fourth-order valence-electron chi connectivity index (χ4n) is 1.95. The van der Waals surface area contributed by atoms with Crippen LogP contribution in [0.5, 0.6) is 0 Å². The Morgan fingerprint density at radius 1 is 1.27 bits per heavy atom. The third kappa shape index (κ3) is 4.69. The van der Waals surface area contributed by atoms with Gasteiger partial charge in [0.25, 0.3) is 0 Å². The summed E-state index contributed by atoms with van der Waals surface area (Å²) in [6.45, 7) is 1.45. The van der Waals surface area contributed by atoms with Crippen molar-refractivity contribution in [2.24, 2.45) is 0 Å². The molecule has 1 aliphatic rings. The highest BCUT2D eigenvalue weighted by molar-refractivity contribution is 7.99. The second-order valence-electron chi connectivity index (χ2n) is 4.16. The normalized spacial score (nSPS) is 26.0. The maximum Gasteiger partial charge on any atom is 0.227 e. The summed E-state index contributed by atoms with van der Waals surface area (Å²) in [4.78, 5) is 22.1. The van der Waals surface area contributed by atoms with Crippen LogP contribution in [-0.4, -0.2) is 29.2 Å². The number of amides is 1. The molecule has 0 spiro atoms. The van der Waals surface area contributed by atoms with Gasteiger partial charge >= 0.3 is 0 Å². The third-order valence-electron chi connectivity index (χ3n) is 2.78. The van der Waals surface area contributed by atoms with E-state index in [2.05, 4.69) is 11.6 Å². The molecule has 1 rings (SSSR count). The Hall–Kier alpha value is -0.510. The Morgan fingerprint density at radius 2 is 1.87 bits per heavy atom. The van der Waals surface area contributed by atoms with Gasteiger partial charge in [-0.15, -0.1) is 0 Å². The van der Waals surface area contributed by atoms with E-state index in [1.807, 2.05) is 11.8 Å². The van der Waals surface area contributed by atoms with E-state index in [1.54, 1.807) is 0 Å². The zero-order chi connectivity index (χ0) is 11.3. The van der Waals surface area contributed by atoms with Crippen LogP contribution >= 0.6 is 11.8 Å². The van der Waals surface area contributed by atoms with Crippen LogP contribution in [0.25, 0.3) is 0 Å². The molecule has 0 unspecified atom stereocenters. The summed E-state index contributed by atoms with van der Waals surface area (Å²) in [7, 11) is 0. The number of ketones is 1. The average Bonchev–Trinajstić information content (AvgIpc) is 2.17. The lowest BCUT2D eigenvalue weighted by atomic mass is 9.95. The lowest BCUT2D eigenvalue weighted by Crippen LogP contribution is -2.38. The molecule has 1 fully saturated rings. The van der Waals surface area contributed by atoms with Crippen LogP contribution in [0.4, 0.5) is 0 Å². The molecule has 1 aliphatic carbocycles. The lowest BCUT2D eigenvalue weighted by molar-refractivity contribution is -0.127. The van der Waals surface area contributed by atoms with Crippen LogP contribution in [-0.2, 0) is 9.59 Å². The quantitative estimate of drug-likeness (QED) is 0.747. The number of carbonyl (C=O) groups excluding carboxylic acids is 2. The van der Waals surface area contributed by atoms with Gasteiger partial charge in [0.2, 0.25) is 5.91 Å². The van der Waals surface area contributed by atoms with Crippen molar-refractivity contribution < 1.29 is 9.59 Å². The van der Waals surface area contributed by atoms with Gasteiger partial charge in [-0.05, 0) is 38.9 Å². The smallest absolute Gasteiger partial charge is 0.227 e. The molecular formula is C11H19NO2S. The zero-order valence-corrected chi connectivity index (χ0v) is 10.2. The topological polar surface area (TPSA) is 46.2 Å². The fraction of sp³-hybridized carbons (Fsp3) is 0.818. The number of thioether (sulfide) groups is 1. The van der Waals surface area contributed by atoms with E-state index in [-0.39, 0.29) is 18.1 Å². The Bertz CT molecular complexity index is 235. The second kappa shape index (κ2) is 6.16. The van der Waals surface area contributed by atoms with Crippen molar-refractivity contribution in [2.75, 3.05) is 6.26 Å². The first kappa shape index (κ1) is 12.6. The van der Waals surface area contributed by atoms with Crippen molar-refractivity contribution >= 4 is 23.5 Å². The molecule has 15 heavy (non-hydrogen) atoms. The Kier molecular flexibility index (Phi) is 5.15. The second-order valence-corrected chi connectivity index (χ2v) is 5.29. The van der Waals surface area contributed by atoms with E-state index in [0.717, 1.165) is 18.1 Å². The van der Waals surface area contributed by atoms with Crippen LogP contribution in [0.3, 0.4) is 0 Å². The van der Waals surface area contributed by atoms with Gasteiger partial charge in [0.15, 0.2) is 0 Å². The lowest BCUT2D eigenvalue weighted by Gasteiger charge is -2.27. The number of hydrogen-bond acceptors (Lipinski definition) is 3. The maximum atomic E-state index is 11.3. The highest BCUT2D eigenvalue weighted by Crippen LogP contribution is 2.26. The van der Waals surface area contributed by atoms with E-state index in [4.69, 9.17) is 0 Å². The minimum absolute atomic E-state index is 0.0302. The van der Waals surface area contributed by atoms with E-state index < -0.39 is 0 Å². The molecule has 0 radical (unpaired) electrons. The van der Waals surface area contributed by atoms with E-state index >= 15 is 0 Å². The zero-order valence-electron chi connectivity index (χ0n) is 9.41. The molecule has 0 aromatic rings. The van der Waals surface area contributed by atoms with Crippen molar-refractivity contribution in [3.63, 3.8) is 0 Å². The van der Waals surface area contributed by atoms with Gasteiger partial charge in [-0.2, -0.15) is 11.8 Å². The van der Waals surface area contributed by atoms with Gasteiger partial charge in [0.1, 0.15) is 5.78 Å². The predicted octanol–water partition coefficient (Wildman–Crippen LogP) is 1.76. The Labute approximate surface area is 95.4 Å². The number of rotatable bonds is 4. The van der Waals surface area contributed by atoms with Crippen LogP contribution in [0.15, 0.2) is 0 Å². The molecule has 0 aromatic heterocycles. The molecule has 86 valence electrons. The van der Waals surface area contributed by atoms with Gasteiger partial charge in [-0.3, -0.25) is 9.59 Å². The van der Waals surface area contributed by atoms with Gasteiger partial charge in [0.05, 0.1) is 6.42 Å². The Morgan fingerprint density at radius 3 is 2.33 bits per heavy atom. The first-order valence-corrected chi connectivity index (χ1v) is 6.72. The molecule has 0 heterocycles. The van der Waals surface area contributed by atoms with Crippen molar-refractivity contribution in [1.82, 2.24) is 5.32 Å². The number of nitrogens with one attached hydrogen (secondary N) is 1. The van der Waals surface area contributed by atoms with Gasteiger partial charge in [0, 0.05) is 11.3 Å². The largest absolute Gasteiger partial charge is 0.353 e. The van der Waals surface area contributed by atoms with Crippen molar-refractivity contribution in [2.45, 2.75) is 50.3 Å². The molecule has 1 amide bonds. The molecule has 4 heteroatoms. The summed E-state index contributed by atoms with van der Waals surface area (Å²) < 4.78 is 0. The van der Waals surface area contributed by atoms with E-state index in [0.29, 0.717) is 6.04 Å². The van der Waals surface area contributed by atoms with Crippen LogP contribution < -0.4 is 5.32 Å². The maximum absolute atomic E-state index is 11.3. The number of hydrogen-bond donors (Lipinski definition) is 1. The summed E-state index contributed by atoms with van der Waals surface area (Å²) >= 11 is 1.91. The molecule has 1 N–H and O–H groups in total. The van der Waals surface area contributed by atoms with Crippen molar-refractivity contribution in [1.29, 1.82) is 0 Å². The average molecular weight is 229 g/mol. The van der Waals surface area contributed by atoms with Crippen LogP contribution in [0, 0.1) is 0 Å². The molecule has 0 saturated heterocycles. The first-order chi connectivity index (χ1) is 7.11. The monoisotopic (exact) mass is 229 g/mol. The summed E-state index contributed by atoms with van der Waals surface area (Å²) in [5, 5.41) is 3.68. The minimum Gasteiger partial charge on any atom is -0.353 e. The fourth-order valence-corrected chi connectivity index (χ4v) is 2.69. The minimum atomic E-state index is -0.116. The van der Waals surface area contributed by atoms with Crippen molar-refractivity contribution in [3.05, 3.63) is 0 Å². The summed E-state index contributed by atoms with van der Waals surface area (Å²) in [6, 6.07) is 0.292. The highest BCUT2D eigenvalue weighted by Gasteiger charge is 2.21. The summed E-state index contributed by atoms with van der Waals surface area (Å²) in [5.74, 6) is -0.180. The predicted molar refractivity (Wildman–Crippen MR) is 63.0 cm³/mol. The third-order valence-corrected chi connectivity index (χ3v) is 3.92. The highest BCUT2D eigenvalue weighted by atomic mass is 32.2. The first-order valence-electron chi connectivity index (χ1n) is 5.43. The van der Waals surface area contributed by atoms with Gasteiger partial charge in [-0.1, -0.05) is 0 Å². The SMILES string of the molecule is CSC1CCC(NC(=O)CC(C)=O)CC1. The Balaban J connectivity index is 2.23. The molecule has 1 saturated carbocycles. The molecule has 3 nitrogen and oxygen atoms in total. The van der Waals surface area contributed by atoms with Gasteiger partial charge in [-0.25, -0.2) is 0 Å². The summed E-state index contributed by atoms with van der Waals surface area (Å²) in [6.07, 6.45) is 6.62. The molecule has 0 bridgehead atoms. The van der Waals surface area contributed by atoms with Crippen molar-refractivity contribution in [3.8, 4) is 0 Å².